The van der Waals surface area contributed by atoms with Crippen LogP contribution in [0.1, 0.15) is 11.1 Å². The molecule has 0 saturated carbocycles. The summed E-state index contributed by atoms with van der Waals surface area (Å²) in [6.07, 6.45) is 3.70. The van der Waals surface area contributed by atoms with Gasteiger partial charge in [-0.3, -0.25) is 9.55 Å². The van der Waals surface area contributed by atoms with Crippen LogP contribution in [-0.4, -0.2) is 9.55 Å². The van der Waals surface area contributed by atoms with E-state index in [-0.39, 0.29) is 5.76 Å². The van der Waals surface area contributed by atoms with Gasteiger partial charge in [0.2, 0.25) is 0 Å². The van der Waals surface area contributed by atoms with Gasteiger partial charge in [-0.25, -0.2) is 4.79 Å². The van der Waals surface area contributed by atoms with E-state index >= 15 is 0 Å². The van der Waals surface area contributed by atoms with Crippen molar-refractivity contribution >= 4 is 11.1 Å². The Morgan fingerprint density at radius 3 is 2.62 bits per heavy atom. The Bertz CT molecular complexity index is 1100. The largest absolute Gasteiger partial charge is 0.419 e. The second kappa shape index (κ2) is 6.98. The van der Waals surface area contributed by atoms with Crippen LogP contribution in [-0.2, 0) is 20.1 Å². The van der Waals surface area contributed by atoms with Crippen molar-refractivity contribution in [1.29, 1.82) is 0 Å². The van der Waals surface area contributed by atoms with E-state index in [1.807, 2.05) is 48.8 Å². The molecule has 0 spiro atoms. The van der Waals surface area contributed by atoms with Gasteiger partial charge in [-0.1, -0.05) is 36.4 Å². The Balaban J connectivity index is 1.53. The molecule has 4 rings (SSSR count). The zero-order valence-electron chi connectivity index (χ0n) is 14.5. The molecule has 5 nitrogen and oxygen atoms in total. The van der Waals surface area contributed by atoms with Gasteiger partial charge < -0.3 is 9.73 Å². The number of oxazole rings is 1. The fourth-order valence-electron chi connectivity index (χ4n) is 3.00. The molecule has 0 aliphatic heterocycles. The molecule has 0 aliphatic rings. The molecule has 0 fully saturated rings. The summed E-state index contributed by atoms with van der Waals surface area (Å²) in [7, 11) is 1.71. The third-order valence-corrected chi connectivity index (χ3v) is 4.42. The third-order valence-electron chi connectivity index (χ3n) is 4.42. The molecule has 26 heavy (non-hydrogen) atoms. The van der Waals surface area contributed by atoms with Crippen molar-refractivity contribution in [3.05, 3.63) is 88.7 Å². The number of aromatic nitrogens is 2. The molecule has 2 heterocycles. The number of hydrogen-bond donors (Lipinski definition) is 1. The lowest BCUT2D eigenvalue weighted by Gasteiger charge is -2.07. The lowest BCUT2D eigenvalue weighted by molar-refractivity contribution is 0.528. The SMILES string of the molecule is Cn1c(=O)oc2ccc(-c3cncc(CNCc4ccccc4)c3)cc21. The van der Waals surface area contributed by atoms with Crippen molar-refractivity contribution in [2.75, 3.05) is 0 Å². The number of pyridine rings is 1. The summed E-state index contributed by atoms with van der Waals surface area (Å²) in [5, 5.41) is 3.44. The van der Waals surface area contributed by atoms with Gasteiger partial charge in [-0.05, 0) is 34.9 Å². The first-order valence-electron chi connectivity index (χ1n) is 8.49. The Hall–Kier alpha value is -3.18. The summed E-state index contributed by atoms with van der Waals surface area (Å²) in [6, 6.07) is 18.2. The van der Waals surface area contributed by atoms with Crippen LogP contribution in [0.2, 0.25) is 0 Å². The fourth-order valence-corrected chi connectivity index (χ4v) is 3.00. The van der Waals surface area contributed by atoms with Crippen LogP contribution in [0, 0.1) is 0 Å². The van der Waals surface area contributed by atoms with E-state index in [9.17, 15) is 4.79 Å². The zero-order valence-corrected chi connectivity index (χ0v) is 14.5. The Morgan fingerprint density at radius 1 is 0.962 bits per heavy atom. The predicted octanol–water partition coefficient (Wildman–Crippen LogP) is 3.48. The molecule has 5 heteroatoms. The molecule has 0 unspecified atom stereocenters. The molecule has 0 radical (unpaired) electrons. The average Bonchev–Trinajstić information content (AvgIpc) is 2.96. The quantitative estimate of drug-likeness (QED) is 0.601. The number of aryl methyl sites for hydroxylation is 1. The van der Waals surface area contributed by atoms with Gasteiger partial charge >= 0.3 is 5.76 Å². The minimum atomic E-state index is -0.353. The molecule has 0 amide bonds. The van der Waals surface area contributed by atoms with E-state index in [1.54, 1.807) is 7.05 Å². The van der Waals surface area contributed by atoms with Gasteiger partial charge in [0.05, 0.1) is 5.52 Å². The standard InChI is InChI=1S/C21H19N3O2/c1-24-19-10-17(7-8-20(19)26-21(24)25)18-9-16(13-23-14-18)12-22-11-15-5-3-2-4-6-15/h2-10,13-14,22H,11-12H2,1H3. The van der Waals surface area contributed by atoms with Crippen molar-refractivity contribution < 1.29 is 4.42 Å². The van der Waals surface area contributed by atoms with Gasteiger partial charge in [0.15, 0.2) is 5.58 Å². The van der Waals surface area contributed by atoms with E-state index in [0.29, 0.717) is 5.58 Å². The summed E-state index contributed by atoms with van der Waals surface area (Å²) in [6.45, 7) is 1.55. The maximum atomic E-state index is 11.7. The molecule has 0 bridgehead atoms. The highest BCUT2D eigenvalue weighted by Crippen LogP contribution is 2.24. The van der Waals surface area contributed by atoms with Gasteiger partial charge in [0.1, 0.15) is 0 Å². The highest BCUT2D eigenvalue weighted by atomic mass is 16.4. The highest BCUT2D eigenvalue weighted by Gasteiger charge is 2.08. The molecule has 0 atom stereocenters. The lowest BCUT2D eigenvalue weighted by Crippen LogP contribution is -2.12. The average molecular weight is 345 g/mol. The third kappa shape index (κ3) is 3.30. The van der Waals surface area contributed by atoms with E-state index in [4.69, 9.17) is 4.42 Å². The monoisotopic (exact) mass is 345 g/mol. The number of benzene rings is 2. The van der Waals surface area contributed by atoms with Gasteiger partial charge in [0.25, 0.3) is 0 Å². The van der Waals surface area contributed by atoms with Crippen molar-refractivity contribution in [3.63, 3.8) is 0 Å². The predicted molar refractivity (Wildman–Crippen MR) is 102 cm³/mol. The van der Waals surface area contributed by atoms with Gasteiger partial charge in [-0.2, -0.15) is 0 Å². The lowest BCUT2D eigenvalue weighted by atomic mass is 10.1. The van der Waals surface area contributed by atoms with Gasteiger partial charge in [0, 0.05) is 38.1 Å². The molecule has 4 aromatic rings. The number of hydrogen-bond acceptors (Lipinski definition) is 4. The zero-order chi connectivity index (χ0) is 17.9. The minimum Gasteiger partial charge on any atom is -0.408 e. The van der Waals surface area contributed by atoms with E-state index < -0.39 is 0 Å². The van der Waals surface area contributed by atoms with Crippen molar-refractivity contribution in [3.8, 4) is 11.1 Å². The molecule has 0 aliphatic carbocycles. The summed E-state index contributed by atoms with van der Waals surface area (Å²) < 4.78 is 6.70. The second-order valence-electron chi connectivity index (χ2n) is 6.28. The topological polar surface area (TPSA) is 60.1 Å². The van der Waals surface area contributed by atoms with E-state index in [1.165, 1.54) is 10.1 Å². The second-order valence-corrected chi connectivity index (χ2v) is 6.28. The van der Waals surface area contributed by atoms with E-state index in [2.05, 4.69) is 28.5 Å². The van der Waals surface area contributed by atoms with Crippen molar-refractivity contribution in [2.24, 2.45) is 7.05 Å². The first-order valence-corrected chi connectivity index (χ1v) is 8.49. The number of rotatable bonds is 5. The van der Waals surface area contributed by atoms with Crippen LogP contribution in [0.25, 0.3) is 22.2 Å². The van der Waals surface area contributed by atoms with Crippen LogP contribution in [0.3, 0.4) is 0 Å². The first-order chi connectivity index (χ1) is 12.7. The van der Waals surface area contributed by atoms with Gasteiger partial charge in [-0.15, -0.1) is 0 Å². The normalized spacial score (nSPS) is 11.1. The summed E-state index contributed by atoms with van der Waals surface area (Å²) in [4.78, 5) is 16.0. The van der Waals surface area contributed by atoms with Crippen LogP contribution in [0.15, 0.2) is 76.2 Å². The number of fused-ring (bicyclic) bond motifs is 1. The molecular weight excluding hydrogens is 326 g/mol. The summed E-state index contributed by atoms with van der Waals surface area (Å²) >= 11 is 0. The van der Waals surface area contributed by atoms with Crippen molar-refractivity contribution in [1.82, 2.24) is 14.9 Å². The fraction of sp³-hybridized carbons (Fsp3) is 0.143. The van der Waals surface area contributed by atoms with Crippen LogP contribution < -0.4 is 11.1 Å². The Kier molecular flexibility index (Phi) is 4.37. The van der Waals surface area contributed by atoms with Crippen LogP contribution >= 0.6 is 0 Å². The molecular formula is C21H19N3O2. The summed E-state index contributed by atoms with van der Waals surface area (Å²) in [5.74, 6) is -0.353. The van der Waals surface area contributed by atoms with Crippen LogP contribution in [0.5, 0.6) is 0 Å². The maximum Gasteiger partial charge on any atom is 0.419 e. The molecule has 130 valence electrons. The molecule has 2 aromatic carbocycles. The maximum absolute atomic E-state index is 11.7. The Morgan fingerprint density at radius 2 is 1.77 bits per heavy atom. The van der Waals surface area contributed by atoms with Crippen LogP contribution in [0.4, 0.5) is 0 Å². The smallest absolute Gasteiger partial charge is 0.408 e. The number of nitrogens with one attached hydrogen (secondary N) is 1. The number of nitrogens with zero attached hydrogens (tertiary/aromatic N) is 2. The molecule has 0 saturated heterocycles. The molecule has 2 aromatic heterocycles. The molecule has 1 N–H and O–H groups in total. The first kappa shape index (κ1) is 16.3. The van der Waals surface area contributed by atoms with Crippen molar-refractivity contribution in [2.45, 2.75) is 13.1 Å². The Labute approximate surface area is 150 Å². The highest BCUT2D eigenvalue weighted by molar-refractivity contribution is 5.80. The van der Waals surface area contributed by atoms with E-state index in [0.717, 1.165) is 35.3 Å². The summed E-state index contributed by atoms with van der Waals surface area (Å²) in [5.41, 5.74) is 5.75. The minimum absolute atomic E-state index is 0.353.